The minimum atomic E-state index is -5.07. The van der Waals surface area contributed by atoms with Crippen molar-refractivity contribution in [2.24, 2.45) is 0 Å². The highest BCUT2D eigenvalue weighted by molar-refractivity contribution is 7.80. The summed E-state index contributed by atoms with van der Waals surface area (Å²) in [5, 5.41) is 44.8. The summed E-state index contributed by atoms with van der Waals surface area (Å²) in [6.07, 6.45) is 32.6. The van der Waals surface area contributed by atoms with Crippen LogP contribution in [0.5, 0.6) is 0 Å². The van der Waals surface area contributed by atoms with Crippen molar-refractivity contribution in [3.8, 4) is 0 Å². The Morgan fingerprint density at radius 3 is 1.33 bits per heavy atom. The molecule has 0 aliphatic carbocycles. The summed E-state index contributed by atoms with van der Waals surface area (Å²) >= 11 is 0. The van der Waals surface area contributed by atoms with Gasteiger partial charge < -0.3 is 35.2 Å². The number of aliphatic hydroxyl groups excluding tert-OH is 4. The molecule has 0 aromatic rings. The molecule has 0 aromatic heterocycles. The Balaban J connectivity index is 2.36. The van der Waals surface area contributed by atoms with Crippen LogP contribution in [0.2, 0.25) is 0 Å². The lowest BCUT2D eigenvalue weighted by Gasteiger charge is -2.41. The molecule has 0 aromatic carbocycles. The standard InChI is InChI=1S/C47H93NO11S/c1-3-5-7-9-11-13-15-16-17-18-19-20-21-22-23-24-25-26-27-28-30-32-34-36-41(50)40(48-43(51)37-35-33-31-29-14-12-10-8-6-4-2)39-57-47-45(53)46(59-60(54,55)56)44(52)42(38-49)58-47/h40-42,44-47,49-50,52-53H,3-39H2,1-2H3,(H,48,51)(H,54,55,56). The molecule has 1 aliphatic heterocycles. The molecule has 6 N–H and O–H groups in total. The topological polar surface area (TPSA) is 192 Å². The Morgan fingerprint density at radius 1 is 0.600 bits per heavy atom. The average molecular weight is 880 g/mol. The predicted molar refractivity (Wildman–Crippen MR) is 241 cm³/mol. The van der Waals surface area contributed by atoms with Gasteiger partial charge in [0.05, 0.1) is 25.4 Å². The number of rotatable bonds is 43. The third kappa shape index (κ3) is 31.0. The molecule has 0 radical (unpaired) electrons. The second-order valence-corrected chi connectivity index (χ2v) is 18.8. The first kappa shape index (κ1) is 57.1. The first-order valence-corrected chi connectivity index (χ1v) is 26.3. The Hall–Kier alpha value is -0.900. The Bertz CT molecular complexity index is 1080. The molecule has 1 saturated heterocycles. The van der Waals surface area contributed by atoms with Gasteiger partial charge in [-0.3, -0.25) is 9.35 Å². The van der Waals surface area contributed by atoms with Gasteiger partial charge in [-0.15, -0.1) is 0 Å². The molecule has 0 saturated carbocycles. The van der Waals surface area contributed by atoms with E-state index < -0.39 is 59.9 Å². The molecule has 7 atom stereocenters. The molecule has 1 amide bonds. The maximum absolute atomic E-state index is 13.0. The molecule has 358 valence electrons. The first-order chi connectivity index (χ1) is 29.0. The number of hydrogen-bond acceptors (Lipinski definition) is 10. The van der Waals surface area contributed by atoms with E-state index >= 15 is 0 Å². The Kier molecular flexibility index (Phi) is 36.7. The quantitative estimate of drug-likeness (QED) is 0.0252. The van der Waals surface area contributed by atoms with Crippen molar-refractivity contribution in [3.05, 3.63) is 0 Å². The second kappa shape index (κ2) is 38.5. The van der Waals surface area contributed by atoms with Crippen molar-refractivity contribution >= 4 is 16.3 Å². The number of hydrogen-bond donors (Lipinski definition) is 6. The van der Waals surface area contributed by atoms with Crippen LogP contribution >= 0.6 is 0 Å². The van der Waals surface area contributed by atoms with Crippen molar-refractivity contribution in [3.63, 3.8) is 0 Å². The van der Waals surface area contributed by atoms with Gasteiger partial charge in [-0.05, 0) is 12.8 Å². The largest absolute Gasteiger partial charge is 0.397 e. The molecule has 13 heteroatoms. The highest BCUT2D eigenvalue weighted by Gasteiger charge is 2.48. The van der Waals surface area contributed by atoms with Gasteiger partial charge in [0.15, 0.2) is 6.29 Å². The predicted octanol–water partition coefficient (Wildman–Crippen LogP) is 10.2. The normalized spacial score (nSPS) is 20.7. The molecular formula is C47H93NO11S. The fourth-order valence-electron chi connectivity index (χ4n) is 8.28. The molecule has 0 bridgehead atoms. The van der Waals surface area contributed by atoms with Crippen molar-refractivity contribution in [1.82, 2.24) is 5.32 Å². The fraction of sp³-hybridized carbons (Fsp3) is 0.979. The second-order valence-electron chi connectivity index (χ2n) is 17.8. The summed E-state index contributed by atoms with van der Waals surface area (Å²) in [5.74, 6) is -0.229. The summed E-state index contributed by atoms with van der Waals surface area (Å²) < 4.78 is 47.6. The SMILES string of the molecule is CCCCCCCCCCCCCCCCCCCCCCCCCC(O)C(COC1OC(CO)C(O)C(OS(=O)(=O)O)C1O)NC(=O)CCCCCCCCCCCC. The zero-order valence-corrected chi connectivity index (χ0v) is 39.1. The smallest absolute Gasteiger partial charge is 0.394 e. The zero-order valence-electron chi connectivity index (χ0n) is 38.3. The lowest BCUT2D eigenvalue weighted by atomic mass is 9.99. The number of amides is 1. The van der Waals surface area contributed by atoms with Crippen LogP contribution in [0.1, 0.15) is 239 Å². The lowest BCUT2D eigenvalue weighted by molar-refractivity contribution is -0.298. The zero-order chi connectivity index (χ0) is 44.1. The molecule has 0 spiro atoms. The van der Waals surface area contributed by atoms with Crippen LogP contribution in [0.25, 0.3) is 0 Å². The van der Waals surface area contributed by atoms with Crippen LogP contribution in [0, 0.1) is 0 Å². The van der Waals surface area contributed by atoms with Crippen LogP contribution < -0.4 is 5.32 Å². The Labute approximate surface area is 367 Å². The first-order valence-electron chi connectivity index (χ1n) is 24.9. The minimum absolute atomic E-state index is 0.229. The number of carbonyl (C=O) groups excluding carboxylic acids is 1. The Morgan fingerprint density at radius 2 is 0.967 bits per heavy atom. The van der Waals surface area contributed by atoms with Gasteiger partial charge in [-0.25, -0.2) is 4.18 Å². The summed E-state index contributed by atoms with van der Waals surface area (Å²) in [6, 6.07) is -0.850. The maximum atomic E-state index is 13.0. The lowest BCUT2D eigenvalue weighted by Crippen LogP contribution is -2.61. The van der Waals surface area contributed by atoms with E-state index in [9.17, 15) is 38.2 Å². The van der Waals surface area contributed by atoms with Crippen LogP contribution in [0.4, 0.5) is 0 Å². The number of nitrogens with one attached hydrogen (secondary N) is 1. The van der Waals surface area contributed by atoms with E-state index in [4.69, 9.17) is 9.47 Å². The average Bonchev–Trinajstić information content (AvgIpc) is 3.22. The summed E-state index contributed by atoms with van der Waals surface area (Å²) in [5.41, 5.74) is 0. The van der Waals surface area contributed by atoms with Crippen molar-refractivity contribution in [1.29, 1.82) is 0 Å². The van der Waals surface area contributed by atoms with Gasteiger partial charge in [0, 0.05) is 6.42 Å². The molecule has 1 rings (SSSR count). The van der Waals surface area contributed by atoms with Crippen LogP contribution in [0.3, 0.4) is 0 Å². The van der Waals surface area contributed by atoms with E-state index in [0.717, 1.165) is 51.4 Å². The number of ether oxygens (including phenoxy) is 2. The van der Waals surface area contributed by atoms with Gasteiger partial charge in [0.2, 0.25) is 5.91 Å². The van der Waals surface area contributed by atoms with E-state index in [2.05, 4.69) is 23.3 Å². The summed E-state index contributed by atoms with van der Waals surface area (Å²) in [6.45, 7) is 3.45. The molecule has 1 heterocycles. The van der Waals surface area contributed by atoms with Gasteiger partial charge in [0.1, 0.15) is 24.4 Å². The fourth-order valence-corrected chi connectivity index (χ4v) is 8.79. The van der Waals surface area contributed by atoms with Crippen LogP contribution in [-0.4, -0.2) is 95.4 Å². The van der Waals surface area contributed by atoms with E-state index in [1.807, 2.05) is 0 Å². The third-order valence-electron chi connectivity index (χ3n) is 12.2. The molecule has 7 unspecified atom stereocenters. The van der Waals surface area contributed by atoms with E-state index in [0.29, 0.717) is 12.8 Å². The molecule has 1 fully saturated rings. The highest BCUT2D eigenvalue weighted by atomic mass is 32.3. The highest BCUT2D eigenvalue weighted by Crippen LogP contribution is 2.26. The molecular weight excluding hydrogens is 787 g/mol. The van der Waals surface area contributed by atoms with Gasteiger partial charge in [0.25, 0.3) is 0 Å². The number of carbonyl (C=O) groups is 1. The van der Waals surface area contributed by atoms with E-state index in [-0.39, 0.29) is 12.5 Å². The third-order valence-corrected chi connectivity index (χ3v) is 12.6. The van der Waals surface area contributed by atoms with Crippen molar-refractivity contribution in [2.45, 2.75) is 281 Å². The number of aliphatic hydroxyl groups is 4. The van der Waals surface area contributed by atoms with Gasteiger partial charge in [-0.2, -0.15) is 8.42 Å². The van der Waals surface area contributed by atoms with Crippen LogP contribution in [0.15, 0.2) is 0 Å². The maximum Gasteiger partial charge on any atom is 0.397 e. The molecule has 1 aliphatic rings. The monoisotopic (exact) mass is 880 g/mol. The molecule has 12 nitrogen and oxygen atoms in total. The van der Waals surface area contributed by atoms with E-state index in [1.54, 1.807) is 0 Å². The minimum Gasteiger partial charge on any atom is -0.394 e. The van der Waals surface area contributed by atoms with E-state index in [1.165, 1.54) is 161 Å². The number of unbranched alkanes of at least 4 members (excludes halogenated alkanes) is 31. The summed E-state index contributed by atoms with van der Waals surface area (Å²) in [4.78, 5) is 13.0. The molecule has 60 heavy (non-hydrogen) atoms. The van der Waals surface area contributed by atoms with Crippen molar-refractivity contribution < 1.29 is 51.8 Å². The van der Waals surface area contributed by atoms with Crippen LogP contribution in [-0.2, 0) is 28.9 Å². The van der Waals surface area contributed by atoms with Gasteiger partial charge >= 0.3 is 10.4 Å². The van der Waals surface area contributed by atoms with Gasteiger partial charge in [-0.1, -0.05) is 219 Å². The summed E-state index contributed by atoms with van der Waals surface area (Å²) in [7, 11) is -5.07. The van der Waals surface area contributed by atoms with Crippen molar-refractivity contribution in [2.75, 3.05) is 13.2 Å².